The molecule has 0 radical (unpaired) electrons. The van der Waals surface area contributed by atoms with Gasteiger partial charge in [-0.05, 0) is 27.9 Å². The number of nitrogens with two attached hydrogens (primary N) is 1. The molecule has 5 nitrogen and oxygen atoms in total. The van der Waals surface area contributed by atoms with Crippen LogP contribution in [0.3, 0.4) is 0 Å². The zero-order valence-electron chi connectivity index (χ0n) is 11.1. The predicted molar refractivity (Wildman–Crippen MR) is 76.9 cm³/mol. The van der Waals surface area contributed by atoms with Crippen LogP contribution in [-0.4, -0.2) is 25.1 Å². The van der Waals surface area contributed by atoms with Crippen molar-refractivity contribution < 1.29 is 9.31 Å². The largest absolute Gasteiger partial charge is 0.368 e. The Balaban J connectivity index is 3.18. The van der Waals surface area contributed by atoms with Crippen molar-refractivity contribution in [1.29, 1.82) is 0 Å². The minimum Gasteiger partial charge on any atom is -0.368 e. The van der Waals surface area contributed by atoms with Crippen LogP contribution in [0.15, 0.2) is 16.6 Å². The third-order valence-corrected chi connectivity index (χ3v) is 3.45. The Morgan fingerprint density at radius 3 is 2.58 bits per heavy atom. The number of nitro benzene ring substituents is 1. The molecule has 0 amide bonds. The Morgan fingerprint density at radius 2 is 2.11 bits per heavy atom. The van der Waals surface area contributed by atoms with Gasteiger partial charge in [0.2, 0.25) is 0 Å². The van der Waals surface area contributed by atoms with Crippen molar-refractivity contribution >= 4 is 27.3 Å². The van der Waals surface area contributed by atoms with Crippen LogP contribution in [0.4, 0.5) is 15.8 Å². The first-order valence-electron chi connectivity index (χ1n) is 5.72. The first-order valence-corrected chi connectivity index (χ1v) is 6.52. The average Bonchev–Trinajstić information content (AvgIpc) is 2.31. The Labute approximate surface area is 119 Å². The van der Waals surface area contributed by atoms with E-state index in [1.54, 1.807) is 11.9 Å². The molecule has 106 valence electrons. The van der Waals surface area contributed by atoms with E-state index >= 15 is 0 Å². The number of hydrogen-bond acceptors (Lipinski definition) is 4. The van der Waals surface area contributed by atoms with Crippen LogP contribution in [0.25, 0.3) is 0 Å². The monoisotopic (exact) mass is 333 g/mol. The van der Waals surface area contributed by atoms with E-state index in [2.05, 4.69) is 15.9 Å². The molecule has 1 aromatic carbocycles. The smallest absolute Gasteiger partial charge is 0.293 e. The Morgan fingerprint density at radius 1 is 1.53 bits per heavy atom. The van der Waals surface area contributed by atoms with Crippen LogP contribution in [-0.2, 0) is 0 Å². The molecular weight excluding hydrogens is 317 g/mol. The summed E-state index contributed by atoms with van der Waals surface area (Å²) in [5.41, 5.74) is 5.53. The lowest BCUT2D eigenvalue weighted by Crippen LogP contribution is -2.37. The van der Waals surface area contributed by atoms with Gasteiger partial charge >= 0.3 is 0 Å². The third-order valence-electron chi connectivity index (χ3n) is 2.84. The second-order valence-electron chi connectivity index (χ2n) is 5.24. The van der Waals surface area contributed by atoms with Crippen LogP contribution in [0.1, 0.15) is 13.8 Å². The average molecular weight is 334 g/mol. The summed E-state index contributed by atoms with van der Waals surface area (Å²) < 4.78 is 13.7. The zero-order valence-corrected chi connectivity index (χ0v) is 12.7. The molecule has 0 atom stereocenters. The van der Waals surface area contributed by atoms with Crippen LogP contribution in [0, 0.1) is 21.3 Å². The number of anilines is 1. The molecular formula is C12H17BrFN3O2. The molecule has 7 heteroatoms. The molecule has 0 bridgehead atoms. The second-order valence-corrected chi connectivity index (χ2v) is 6.09. The molecule has 0 aliphatic heterocycles. The topological polar surface area (TPSA) is 72.4 Å². The summed E-state index contributed by atoms with van der Waals surface area (Å²) in [5, 5.41) is 11.0. The predicted octanol–water partition coefficient (Wildman–Crippen LogP) is 2.92. The highest BCUT2D eigenvalue weighted by atomic mass is 79.9. The maximum Gasteiger partial charge on any atom is 0.293 e. The van der Waals surface area contributed by atoms with Gasteiger partial charge in [0, 0.05) is 25.7 Å². The van der Waals surface area contributed by atoms with Gasteiger partial charge in [-0.15, -0.1) is 0 Å². The minimum absolute atomic E-state index is 0.0782. The summed E-state index contributed by atoms with van der Waals surface area (Å²) in [4.78, 5) is 12.2. The van der Waals surface area contributed by atoms with E-state index in [1.807, 2.05) is 13.8 Å². The van der Waals surface area contributed by atoms with Crippen molar-refractivity contribution in [3.8, 4) is 0 Å². The van der Waals surface area contributed by atoms with E-state index in [4.69, 9.17) is 5.73 Å². The van der Waals surface area contributed by atoms with Crippen LogP contribution in [0.2, 0.25) is 0 Å². The van der Waals surface area contributed by atoms with Crippen molar-refractivity contribution in [2.45, 2.75) is 13.8 Å². The highest BCUT2D eigenvalue weighted by molar-refractivity contribution is 9.10. The summed E-state index contributed by atoms with van der Waals surface area (Å²) >= 11 is 2.95. The van der Waals surface area contributed by atoms with Crippen LogP contribution in [0.5, 0.6) is 0 Å². The van der Waals surface area contributed by atoms with Gasteiger partial charge in [0.25, 0.3) is 5.69 Å². The van der Waals surface area contributed by atoms with Crippen LogP contribution < -0.4 is 10.6 Å². The van der Waals surface area contributed by atoms with Crippen molar-refractivity contribution in [2.24, 2.45) is 11.1 Å². The Kier molecular flexibility index (Phi) is 4.86. The minimum atomic E-state index is -0.530. The number of nitrogens with zero attached hydrogens (tertiary/aromatic N) is 2. The van der Waals surface area contributed by atoms with Crippen molar-refractivity contribution in [3.05, 3.63) is 32.5 Å². The van der Waals surface area contributed by atoms with Gasteiger partial charge in [-0.3, -0.25) is 10.1 Å². The third kappa shape index (κ3) is 3.87. The molecule has 0 heterocycles. The van der Waals surface area contributed by atoms with Gasteiger partial charge < -0.3 is 10.6 Å². The summed E-state index contributed by atoms with van der Waals surface area (Å²) in [7, 11) is 1.69. The van der Waals surface area contributed by atoms with E-state index < -0.39 is 10.7 Å². The lowest BCUT2D eigenvalue weighted by atomic mass is 9.93. The molecule has 0 unspecified atom stereocenters. The second kappa shape index (κ2) is 5.83. The van der Waals surface area contributed by atoms with Gasteiger partial charge in [0.05, 0.1) is 9.40 Å². The normalized spacial score (nSPS) is 11.5. The fraction of sp³-hybridized carbons (Fsp3) is 0.500. The molecule has 0 aliphatic carbocycles. The van der Waals surface area contributed by atoms with E-state index in [0.29, 0.717) is 13.1 Å². The van der Waals surface area contributed by atoms with E-state index in [-0.39, 0.29) is 21.3 Å². The molecule has 0 saturated carbocycles. The maximum absolute atomic E-state index is 13.6. The summed E-state index contributed by atoms with van der Waals surface area (Å²) in [6.45, 7) is 4.82. The molecule has 0 spiro atoms. The van der Waals surface area contributed by atoms with Crippen LogP contribution >= 0.6 is 15.9 Å². The van der Waals surface area contributed by atoms with Crippen molar-refractivity contribution in [3.63, 3.8) is 0 Å². The molecule has 0 aliphatic rings. The first kappa shape index (κ1) is 15.8. The highest BCUT2D eigenvalue weighted by Crippen LogP contribution is 2.34. The fourth-order valence-corrected chi connectivity index (χ4v) is 2.10. The lowest BCUT2D eigenvalue weighted by Gasteiger charge is -2.30. The molecule has 2 N–H and O–H groups in total. The lowest BCUT2D eigenvalue weighted by molar-refractivity contribution is -0.384. The molecule has 0 saturated heterocycles. The molecule has 1 aromatic rings. The highest BCUT2D eigenvalue weighted by Gasteiger charge is 2.24. The van der Waals surface area contributed by atoms with E-state index in [1.165, 1.54) is 6.07 Å². The maximum atomic E-state index is 13.6. The summed E-state index contributed by atoms with van der Waals surface area (Å²) in [6, 6.07) is 2.34. The molecule has 1 rings (SSSR count). The van der Waals surface area contributed by atoms with Gasteiger partial charge in [0.1, 0.15) is 11.5 Å². The van der Waals surface area contributed by atoms with Gasteiger partial charge in [-0.2, -0.15) is 0 Å². The molecule has 0 aromatic heterocycles. The standard InChI is InChI=1S/C12H17BrFN3O2/c1-12(2,6-15)7-16(3)10-5-9(14)8(13)4-11(10)17(18)19/h4-5H,6-7,15H2,1-3H3. The van der Waals surface area contributed by atoms with Crippen molar-refractivity contribution in [2.75, 3.05) is 25.0 Å². The Hall–Kier alpha value is -1.21. The summed E-state index contributed by atoms with van der Waals surface area (Å²) in [6.07, 6.45) is 0. The number of nitro groups is 1. The van der Waals surface area contributed by atoms with Gasteiger partial charge in [-0.25, -0.2) is 4.39 Å². The quantitative estimate of drug-likeness (QED) is 0.664. The summed E-state index contributed by atoms with van der Waals surface area (Å²) in [5.74, 6) is -0.530. The van der Waals surface area contributed by atoms with Gasteiger partial charge in [-0.1, -0.05) is 13.8 Å². The van der Waals surface area contributed by atoms with Crippen molar-refractivity contribution in [1.82, 2.24) is 0 Å². The number of benzene rings is 1. The molecule has 19 heavy (non-hydrogen) atoms. The molecule has 0 fully saturated rings. The van der Waals surface area contributed by atoms with E-state index in [9.17, 15) is 14.5 Å². The van der Waals surface area contributed by atoms with E-state index in [0.717, 1.165) is 6.07 Å². The number of halogens is 2. The van der Waals surface area contributed by atoms with Gasteiger partial charge in [0.15, 0.2) is 0 Å². The first-order chi connectivity index (χ1) is 8.68. The SMILES string of the molecule is CN(CC(C)(C)CN)c1cc(F)c(Br)cc1[N+](=O)[O-]. The fourth-order valence-electron chi connectivity index (χ4n) is 1.77. The zero-order chi connectivity index (χ0) is 14.8. The Bertz CT molecular complexity index is 494. The number of rotatable bonds is 5. The number of hydrogen-bond donors (Lipinski definition) is 1.